The van der Waals surface area contributed by atoms with Gasteiger partial charge in [-0.05, 0) is 13.0 Å². The Morgan fingerprint density at radius 3 is 2.80 bits per heavy atom. The highest BCUT2D eigenvalue weighted by atomic mass is 16.6. The molecule has 0 spiro atoms. The zero-order chi connectivity index (χ0) is 15.1. The van der Waals surface area contributed by atoms with Crippen molar-refractivity contribution in [3.05, 3.63) is 22.7 Å². The van der Waals surface area contributed by atoms with E-state index in [2.05, 4.69) is 10.9 Å². The van der Waals surface area contributed by atoms with Crippen LogP contribution in [-0.2, 0) is 4.74 Å². The lowest BCUT2D eigenvalue weighted by Crippen LogP contribution is -2.51. The fourth-order valence-electron chi connectivity index (χ4n) is 2.22. The van der Waals surface area contributed by atoms with Crippen LogP contribution >= 0.6 is 0 Å². The SMILES string of the molecule is C#CC1(CO)OC(n2ccc(N)nc2=O)C(C)(O)C1O. The van der Waals surface area contributed by atoms with Crippen LogP contribution in [0.5, 0.6) is 0 Å². The molecule has 1 saturated heterocycles. The number of nitrogen functional groups attached to an aromatic ring is 1. The van der Waals surface area contributed by atoms with Crippen LogP contribution < -0.4 is 11.4 Å². The van der Waals surface area contributed by atoms with Crippen LogP contribution in [0.1, 0.15) is 13.2 Å². The van der Waals surface area contributed by atoms with Crippen LogP contribution in [0.2, 0.25) is 0 Å². The first-order valence-corrected chi connectivity index (χ1v) is 5.80. The topological polar surface area (TPSA) is 131 Å². The number of ether oxygens (including phenoxy) is 1. The van der Waals surface area contributed by atoms with Crippen molar-refractivity contribution in [2.24, 2.45) is 0 Å². The second-order valence-corrected chi connectivity index (χ2v) is 4.83. The Bertz CT molecular complexity index is 620. The first-order chi connectivity index (χ1) is 9.28. The molecule has 5 N–H and O–H groups in total. The fraction of sp³-hybridized carbons (Fsp3) is 0.500. The van der Waals surface area contributed by atoms with E-state index >= 15 is 0 Å². The normalized spacial score (nSPS) is 36.8. The van der Waals surface area contributed by atoms with Gasteiger partial charge in [-0.25, -0.2) is 4.79 Å². The Morgan fingerprint density at radius 2 is 2.35 bits per heavy atom. The Morgan fingerprint density at radius 1 is 1.70 bits per heavy atom. The van der Waals surface area contributed by atoms with E-state index in [1.165, 1.54) is 19.2 Å². The molecule has 8 nitrogen and oxygen atoms in total. The van der Waals surface area contributed by atoms with Crippen LogP contribution in [0.4, 0.5) is 5.82 Å². The van der Waals surface area contributed by atoms with Crippen molar-refractivity contribution in [1.29, 1.82) is 0 Å². The van der Waals surface area contributed by atoms with Crippen LogP contribution in [-0.4, -0.2) is 48.8 Å². The summed E-state index contributed by atoms with van der Waals surface area (Å²) in [5.74, 6) is 2.13. The number of nitrogens with two attached hydrogens (primary N) is 1. The lowest BCUT2D eigenvalue weighted by Gasteiger charge is -2.28. The van der Waals surface area contributed by atoms with Gasteiger partial charge in [0.15, 0.2) is 11.8 Å². The first-order valence-electron chi connectivity index (χ1n) is 5.80. The molecule has 1 aliphatic rings. The van der Waals surface area contributed by atoms with Gasteiger partial charge in [-0.1, -0.05) is 5.92 Å². The summed E-state index contributed by atoms with van der Waals surface area (Å²) in [6.07, 6.45) is 3.64. The van der Waals surface area contributed by atoms with Crippen LogP contribution in [0.3, 0.4) is 0 Å². The Hall–Kier alpha value is -1.92. The van der Waals surface area contributed by atoms with Crippen LogP contribution in [0.25, 0.3) is 0 Å². The van der Waals surface area contributed by atoms with E-state index in [1.54, 1.807) is 0 Å². The fourth-order valence-corrected chi connectivity index (χ4v) is 2.22. The number of aromatic nitrogens is 2. The van der Waals surface area contributed by atoms with Gasteiger partial charge in [0.2, 0.25) is 0 Å². The van der Waals surface area contributed by atoms with Crippen molar-refractivity contribution in [3.63, 3.8) is 0 Å². The van der Waals surface area contributed by atoms with Gasteiger partial charge in [0, 0.05) is 6.20 Å². The van der Waals surface area contributed by atoms with E-state index in [0.29, 0.717) is 0 Å². The number of nitrogens with zero attached hydrogens (tertiary/aromatic N) is 2. The molecule has 2 rings (SSSR count). The van der Waals surface area contributed by atoms with E-state index in [4.69, 9.17) is 16.9 Å². The highest BCUT2D eigenvalue weighted by Crippen LogP contribution is 2.43. The van der Waals surface area contributed by atoms with E-state index < -0.39 is 35.8 Å². The van der Waals surface area contributed by atoms with Crippen molar-refractivity contribution in [3.8, 4) is 12.3 Å². The summed E-state index contributed by atoms with van der Waals surface area (Å²) in [6, 6.07) is 1.34. The summed E-state index contributed by atoms with van der Waals surface area (Å²) in [4.78, 5) is 15.3. The molecule has 4 unspecified atom stereocenters. The molecule has 0 aliphatic carbocycles. The molecule has 0 radical (unpaired) electrons. The van der Waals surface area contributed by atoms with E-state index in [-0.39, 0.29) is 5.82 Å². The second-order valence-electron chi connectivity index (χ2n) is 4.83. The molecule has 1 aromatic rings. The molecule has 0 bridgehead atoms. The maximum absolute atomic E-state index is 11.8. The van der Waals surface area contributed by atoms with E-state index in [9.17, 15) is 20.1 Å². The lowest BCUT2D eigenvalue weighted by molar-refractivity contribution is -0.107. The number of hydrogen-bond donors (Lipinski definition) is 4. The molecule has 4 atom stereocenters. The predicted molar refractivity (Wildman–Crippen MR) is 68.3 cm³/mol. The van der Waals surface area contributed by atoms with Crippen molar-refractivity contribution in [2.45, 2.75) is 30.5 Å². The molecule has 20 heavy (non-hydrogen) atoms. The molecular formula is C12H15N3O5. The highest BCUT2D eigenvalue weighted by molar-refractivity contribution is 5.25. The van der Waals surface area contributed by atoms with Gasteiger partial charge in [0.05, 0.1) is 6.61 Å². The average molecular weight is 281 g/mol. The van der Waals surface area contributed by atoms with Gasteiger partial charge in [0.1, 0.15) is 17.5 Å². The van der Waals surface area contributed by atoms with Gasteiger partial charge in [-0.2, -0.15) is 4.98 Å². The minimum absolute atomic E-state index is 0.00908. The number of aliphatic hydroxyl groups is 3. The molecular weight excluding hydrogens is 266 g/mol. The standard InChI is InChI=1S/C12H15N3O5/c1-3-12(6-16)8(17)11(2,19)9(20-12)15-5-4-7(13)14-10(15)18/h1,4-5,8-9,16-17,19H,6H2,2H3,(H2,13,14,18). The molecule has 108 valence electrons. The van der Waals surface area contributed by atoms with E-state index in [1.807, 2.05) is 0 Å². The minimum atomic E-state index is -1.89. The molecule has 1 aromatic heterocycles. The molecule has 1 aliphatic heterocycles. The lowest BCUT2D eigenvalue weighted by atomic mass is 9.88. The minimum Gasteiger partial charge on any atom is -0.392 e. The van der Waals surface area contributed by atoms with Gasteiger partial charge >= 0.3 is 5.69 Å². The monoisotopic (exact) mass is 281 g/mol. The number of rotatable bonds is 2. The summed E-state index contributed by atoms with van der Waals surface area (Å²) >= 11 is 0. The Balaban J connectivity index is 2.53. The third kappa shape index (κ3) is 1.88. The smallest absolute Gasteiger partial charge is 0.351 e. The van der Waals surface area contributed by atoms with Gasteiger partial charge < -0.3 is 25.8 Å². The quantitative estimate of drug-likeness (QED) is 0.454. The Kier molecular flexibility index (Phi) is 3.31. The number of hydrogen-bond acceptors (Lipinski definition) is 7. The Labute approximate surface area is 114 Å². The molecule has 1 fully saturated rings. The van der Waals surface area contributed by atoms with Crippen LogP contribution in [0.15, 0.2) is 17.1 Å². The number of anilines is 1. The summed E-state index contributed by atoms with van der Waals surface area (Å²) in [5.41, 5.74) is 0.918. The third-order valence-corrected chi connectivity index (χ3v) is 3.40. The molecule has 0 aromatic carbocycles. The largest absolute Gasteiger partial charge is 0.392 e. The van der Waals surface area contributed by atoms with Crippen molar-refractivity contribution < 1.29 is 20.1 Å². The molecule has 8 heteroatoms. The number of terminal acetylenes is 1. The van der Waals surface area contributed by atoms with Crippen molar-refractivity contribution in [2.75, 3.05) is 12.3 Å². The van der Waals surface area contributed by atoms with Gasteiger partial charge in [-0.3, -0.25) is 4.57 Å². The summed E-state index contributed by atoms with van der Waals surface area (Å²) < 4.78 is 6.33. The second kappa shape index (κ2) is 4.57. The summed E-state index contributed by atoms with van der Waals surface area (Å²) in [5, 5.41) is 29.8. The highest BCUT2D eigenvalue weighted by Gasteiger charge is 2.61. The van der Waals surface area contributed by atoms with Gasteiger partial charge in [0.25, 0.3) is 0 Å². The molecule has 0 amide bonds. The zero-order valence-corrected chi connectivity index (χ0v) is 10.7. The average Bonchev–Trinajstić information content (AvgIpc) is 2.60. The maximum atomic E-state index is 11.8. The summed E-state index contributed by atoms with van der Waals surface area (Å²) in [7, 11) is 0. The zero-order valence-electron chi connectivity index (χ0n) is 10.7. The maximum Gasteiger partial charge on any atom is 0.351 e. The first kappa shape index (κ1) is 14.5. The van der Waals surface area contributed by atoms with Crippen molar-refractivity contribution >= 4 is 5.82 Å². The third-order valence-electron chi connectivity index (χ3n) is 3.40. The van der Waals surface area contributed by atoms with Crippen LogP contribution in [0, 0.1) is 12.3 Å². The number of aliphatic hydroxyl groups excluding tert-OH is 2. The van der Waals surface area contributed by atoms with E-state index in [0.717, 1.165) is 4.57 Å². The molecule has 2 heterocycles. The molecule has 0 saturated carbocycles. The predicted octanol–water partition coefficient (Wildman–Crippen LogP) is -2.17. The van der Waals surface area contributed by atoms with Crippen molar-refractivity contribution in [1.82, 2.24) is 9.55 Å². The van der Waals surface area contributed by atoms with Gasteiger partial charge in [-0.15, -0.1) is 6.42 Å². The summed E-state index contributed by atoms with van der Waals surface area (Å²) in [6.45, 7) is 0.536.